The van der Waals surface area contributed by atoms with Crippen molar-refractivity contribution in [1.29, 1.82) is 0 Å². The maximum atomic E-state index is 5.09. The Kier molecular flexibility index (Phi) is 7.64. The van der Waals surface area contributed by atoms with E-state index in [1.165, 1.54) is 11.1 Å². The highest BCUT2D eigenvalue weighted by Gasteiger charge is 1.97. The molecule has 0 aromatic carbocycles. The molecule has 0 saturated heterocycles. The van der Waals surface area contributed by atoms with E-state index in [4.69, 9.17) is 4.42 Å². The lowest BCUT2D eigenvalue weighted by molar-refractivity contribution is 0.530. The van der Waals surface area contributed by atoms with Crippen LogP contribution in [0.2, 0.25) is 0 Å². The Labute approximate surface area is 76.2 Å². The molecule has 11 heavy (non-hydrogen) atoms. The van der Waals surface area contributed by atoms with Crippen molar-refractivity contribution < 1.29 is 4.42 Å². The first-order chi connectivity index (χ1) is 4.72. The zero-order valence-corrected chi connectivity index (χ0v) is 8.99. The molecule has 0 aliphatic rings. The Hall–Kier alpha value is -0.370. The predicted molar refractivity (Wildman–Crippen MR) is 54.6 cm³/mol. The van der Waals surface area contributed by atoms with Gasteiger partial charge in [0.15, 0.2) is 0 Å². The van der Waals surface area contributed by atoms with Gasteiger partial charge in [-0.3, -0.25) is 0 Å². The van der Waals surface area contributed by atoms with E-state index in [0.717, 1.165) is 5.76 Å². The van der Waals surface area contributed by atoms with Crippen LogP contribution in [0, 0.1) is 20.8 Å². The van der Waals surface area contributed by atoms with Crippen LogP contribution in [0.25, 0.3) is 0 Å². The third kappa shape index (κ3) is 3.51. The number of rotatable bonds is 0. The third-order valence-electron chi connectivity index (χ3n) is 1.53. The maximum absolute atomic E-state index is 5.09. The summed E-state index contributed by atoms with van der Waals surface area (Å²) in [5.74, 6) is 1.03. The zero-order chi connectivity index (χ0) is 8.15. The van der Waals surface area contributed by atoms with Crippen LogP contribution in [0.4, 0.5) is 0 Å². The molecular formula is C9H18OS. The fourth-order valence-electron chi connectivity index (χ4n) is 0.631. The smallest absolute Gasteiger partial charge is 0.103 e. The lowest BCUT2D eigenvalue weighted by Crippen LogP contribution is -1.71. The van der Waals surface area contributed by atoms with Gasteiger partial charge in [-0.05, 0) is 31.9 Å². The minimum absolute atomic E-state index is 0. The summed E-state index contributed by atoms with van der Waals surface area (Å²) in [7, 11) is 0. The van der Waals surface area contributed by atoms with E-state index < -0.39 is 0 Å². The summed E-state index contributed by atoms with van der Waals surface area (Å²) in [6.45, 7) is 10.1. The lowest BCUT2D eigenvalue weighted by atomic mass is 10.2. The molecular weight excluding hydrogens is 156 g/mol. The van der Waals surface area contributed by atoms with Crippen molar-refractivity contribution in [2.24, 2.45) is 0 Å². The fraction of sp³-hybridized carbons (Fsp3) is 0.556. The van der Waals surface area contributed by atoms with E-state index in [-0.39, 0.29) is 13.5 Å². The summed E-state index contributed by atoms with van der Waals surface area (Å²) in [4.78, 5) is 0. The SMILES string of the molecule is CC.Cc1coc(C)c1C.S. The van der Waals surface area contributed by atoms with Crippen LogP contribution in [0.5, 0.6) is 0 Å². The van der Waals surface area contributed by atoms with Crippen LogP contribution < -0.4 is 0 Å². The average Bonchev–Trinajstić information content (AvgIpc) is 2.25. The van der Waals surface area contributed by atoms with Gasteiger partial charge < -0.3 is 4.42 Å². The Morgan fingerprint density at radius 1 is 1.09 bits per heavy atom. The van der Waals surface area contributed by atoms with Crippen molar-refractivity contribution >= 4 is 13.5 Å². The predicted octanol–water partition coefficient (Wildman–Crippen LogP) is 3.34. The molecule has 0 aliphatic heterocycles. The molecule has 0 N–H and O–H groups in total. The van der Waals surface area contributed by atoms with Crippen LogP contribution in [-0.4, -0.2) is 0 Å². The maximum Gasteiger partial charge on any atom is 0.103 e. The van der Waals surface area contributed by atoms with Gasteiger partial charge in [-0.15, -0.1) is 0 Å². The molecule has 1 aromatic heterocycles. The number of hydrogen-bond acceptors (Lipinski definition) is 1. The zero-order valence-electron chi connectivity index (χ0n) is 7.99. The third-order valence-corrected chi connectivity index (χ3v) is 1.53. The molecule has 66 valence electrons. The first kappa shape index (κ1) is 13.2. The monoisotopic (exact) mass is 174 g/mol. The van der Waals surface area contributed by atoms with E-state index in [0.29, 0.717) is 0 Å². The number of furan rings is 1. The first-order valence-electron chi connectivity index (χ1n) is 3.73. The van der Waals surface area contributed by atoms with Gasteiger partial charge in [0.25, 0.3) is 0 Å². The van der Waals surface area contributed by atoms with Gasteiger partial charge in [0, 0.05) is 0 Å². The van der Waals surface area contributed by atoms with Crippen LogP contribution in [-0.2, 0) is 0 Å². The summed E-state index contributed by atoms with van der Waals surface area (Å²) in [6, 6.07) is 0. The highest BCUT2D eigenvalue weighted by Crippen LogP contribution is 2.12. The van der Waals surface area contributed by atoms with Gasteiger partial charge in [0.2, 0.25) is 0 Å². The Morgan fingerprint density at radius 3 is 1.64 bits per heavy atom. The Balaban J connectivity index is 0. The summed E-state index contributed by atoms with van der Waals surface area (Å²) in [5, 5.41) is 0. The van der Waals surface area contributed by atoms with E-state index in [2.05, 4.69) is 6.92 Å². The summed E-state index contributed by atoms with van der Waals surface area (Å²) in [5.41, 5.74) is 2.51. The Bertz CT molecular complexity index is 172. The largest absolute Gasteiger partial charge is 0.469 e. The molecule has 0 saturated carbocycles. The molecule has 1 aromatic rings. The number of aryl methyl sites for hydroxylation is 2. The fourth-order valence-corrected chi connectivity index (χ4v) is 0.631. The molecule has 0 aliphatic carbocycles. The topological polar surface area (TPSA) is 13.1 Å². The van der Waals surface area contributed by atoms with Crippen LogP contribution in [0.3, 0.4) is 0 Å². The van der Waals surface area contributed by atoms with E-state index in [1.807, 2.05) is 27.7 Å². The molecule has 0 bridgehead atoms. The second-order valence-electron chi connectivity index (χ2n) is 2.10. The van der Waals surface area contributed by atoms with Gasteiger partial charge in [0.1, 0.15) is 5.76 Å². The molecule has 0 amide bonds. The second kappa shape index (κ2) is 6.35. The molecule has 0 atom stereocenters. The molecule has 0 radical (unpaired) electrons. The summed E-state index contributed by atoms with van der Waals surface area (Å²) >= 11 is 0. The van der Waals surface area contributed by atoms with Crippen molar-refractivity contribution in [1.82, 2.24) is 0 Å². The van der Waals surface area contributed by atoms with Crippen LogP contribution in [0.1, 0.15) is 30.7 Å². The van der Waals surface area contributed by atoms with Gasteiger partial charge in [-0.2, -0.15) is 13.5 Å². The lowest BCUT2D eigenvalue weighted by Gasteiger charge is -1.83. The molecule has 0 unspecified atom stereocenters. The molecule has 1 rings (SSSR count). The van der Waals surface area contributed by atoms with E-state index in [9.17, 15) is 0 Å². The van der Waals surface area contributed by atoms with E-state index >= 15 is 0 Å². The Morgan fingerprint density at radius 2 is 1.55 bits per heavy atom. The van der Waals surface area contributed by atoms with Gasteiger partial charge >= 0.3 is 0 Å². The van der Waals surface area contributed by atoms with Crippen molar-refractivity contribution in [2.75, 3.05) is 0 Å². The van der Waals surface area contributed by atoms with Gasteiger partial charge in [-0.1, -0.05) is 13.8 Å². The minimum atomic E-state index is 0. The van der Waals surface area contributed by atoms with Crippen molar-refractivity contribution in [2.45, 2.75) is 34.6 Å². The standard InChI is InChI=1S/C7H10O.C2H6.H2S/c1-5-4-8-7(3)6(5)2;1-2;/h4H,1-3H3;1-2H3;1H2. The van der Waals surface area contributed by atoms with Gasteiger partial charge in [-0.25, -0.2) is 0 Å². The summed E-state index contributed by atoms with van der Waals surface area (Å²) < 4.78 is 5.09. The highest BCUT2D eigenvalue weighted by molar-refractivity contribution is 7.59. The highest BCUT2D eigenvalue weighted by atomic mass is 32.1. The van der Waals surface area contributed by atoms with Crippen LogP contribution in [0.15, 0.2) is 10.7 Å². The van der Waals surface area contributed by atoms with Gasteiger partial charge in [0.05, 0.1) is 6.26 Å². The molecule has 1 heterocycles. The first-order valence-corrected chi connectivity index (χ1v) is 3.73. The van der Waals surface area contributed by atoms with Crippen molar-refractivity contribution in [3.8, 4) is 0 Å². The normalized spacial score (nSPS) is 7.73. The molecule has 0 fully saturated rings. The summed E-state index contributed by atoms with van der Waals surface area (Å²) in [6.07, 6.45) is 1.78. The van der Waals surface area contributed by atoms with Crippen molar-refractivity contribution in [3.05, 3.63) is 23.2 Å². The molecule has 0 spiro atoms. The molecule has 1 nitrogen and oxygen atoms in total. The average molecular weight is 174 g/mol. The minimum Gasteiger partial charge on any atom is -0.469 e. The molecule has 2 heteroatoms. The quantitative estimate of drug-likeness (QED) is 0.588. The van der Waals surface area contributed by atoms with Crippen LogP contribution >= 0.6 is 13.5 Å². The van der Waals surface area contributed by atoms with E-state index in [1.54, 1.807) is 6.26 Å². The number of hydrogen-bond donors (Lipinski definition) is 0. The van der Waals surface area contributed by atoms with Crippen molar-refractivity contribution in [3.63, 3.8) is 0 Å². The second-order valence-corrected chi connectivity index (χ2v) is 2.10.